The molecule has 1 aliphatic carbocycles. The molecule has 4 nitrogen and oxygen atoms in total. The van der Waals surface area contributed by atoms with Crippen molar-refractivity contribution in [3.63, 3.8) is 0 Å². The highest BCUT2D eigenvalue weighted by molar-refractivity contribution is 5.42. The summed E-state index contributed by atoms with van der Waals surface area (Å²) in [5.74, 6) is 0.108. The van der Waals surface area contributed by atoms with Gasteiger partial charge in [0.2, 0.25) is 0 Å². The number of hydrogen-bond donors (Lipinski definition) is 0. The van der Waals surface area contributed by atoms with Crippen LogP contribution in [0.1, 0.15) is 60.4 Å². The molecule has 3 aromatic rings. The predicted molar refractivity (Wildman–Crippen MR) is 110 cm³/mol. The fourth-order valence-electron chi connectivity index (χ4n) is 4.25. The fourth-order valence-corrected chi connectivity index (χ4v) is 4.25. The third-order valence-electron chi connectivity index (χ3n) is 5.67. The monoisotopic (exact) mass is 425 g/mol. The fraction of sp³-hybridized carbons (Fsp3) is 0.333. The number of benzene rings is 2. The van der Waals surface area contributed by atoms with Gasteiger partial charge in [-0.05, 0) is 60.4 Å². The van der Waals surface area contributed by atoms with Crippen LogP contribution in [-0.4, -0.2) is 16.1 Å². The summed E-state index contributed by atoms with van der Waals surface area (Å²) in [7, 11) is 0. The van der Waals surface area contributed by atoms with E-state index in [0.29, 0.717) is 23.6 Å². The van der Waals surface area contributed by atoms with Gasteiger partial charge in [0.05, 0.1) is 29.2 Å². The molecule has 4 rings (SSSR count). The maximum Gasteiger partial charge on any atom is 0.573 e. The zero-order valence-corrected chi connectivity index (χ0v) is 16.9. The summed E-state index contributed by atoms with van der Waals surface area (Å²) in [5.41, 5.74) is 4.64. The predicted octanol–water partition coefficient (Wildman–Crippen LogP) is 6.28. The first-order chi connectivity index (χ1) is 14.9. The van der Waals surface area contributed by atoms with Crippen LogP contribution in [0.25, 0.3) is 5.69 Å². The van der Waals surface area contributed by atoms with Crippen molar-refractivity contribution in [1.29, 1.82) is 5.26 Å². The Kier molecular flexibility index (Phi) is 5.99. The molecule has 0 bridgehead atoms. The van der Waals surface area contributed by atoms with Crippen molar-refractivity contribution in [3.05, 3.63) is 77.1 Å². The largest absolute Gasteiger partial charge is 0.573 e. The van der Waals surface area contributed by atoms with Crippen molar-refractivity contribution in [1.82, 2.24) is 9.78 Å². The first kappa shape index (κ1) is 21.0. The summed E-state index contributed by atoms with van der Waals surface area (Å²) < 4.78 is 43.3. The summed E-state index contributed by atoms with van der Waals surface area (Å²) in [5, 5.41) is 13.6. The van der Waals surface area contributed by atoms with Crippen LogP contribution in [0.2, 0.25) is 0 Å². The molecule has 1 saturated carbocycles. The van der Waals surface area contributed by atoms with E-state index < -0.39 is 6.36 Å². The summed E-state index contributed by atoms with van der Waals surface area (Å²) >= 11 is 0. The minimum absolute atomic E-state index is 0.250. The second kappa shape index (κ2) is 8.84. The zero-order chi connectivity index (χ0) is 21.8. The molecule has 0 spiro atoms. The van der Waals surface area contributed by atoms with Gasteiger partial charge >= 0.3 is 6.36 Å². The molecule has 0 atom stereocenters. The average molecular weight is 425 g/mol. The first-order valence-electron chi connectivity index (χ1n) is 10.3. The van der Waals surface area contributed by atoms with E-state index in [1.54, 1.807) is 24.3 Å². The zero-order valence-electron chi connectivity index (χ0n) is 16.9. The normalized spacial score (nSPS) is 14.9. The van der Waals surface area contributed by atoms with Gasteiger partial charge < -0.3 is 4.74 Å². The van der Waals surface area contributed by atoms with Crippen molar-refractivity contribution < 1.29 is 17.9 Å². The van der Waals surface area contributed by atoms with Crippen LogP contribution in [0.3, 0.4) is 0 Å². The van der Waals surface area contributed by atoms with Crippen LogP contribution in [0.15, 0.2) is 54.7 Å². The molecule has 0 amide bonds. The van der Waals surface area contributed by atoms with Crippen LogP contribution in [0.4, 0.5) is 13.2 Å². The van der Waals surface area contributed by atoms with Gasteiger partial charge in [0.1, 0.15) is 5.75 Å². The van der Waals surface area contributed by atoms with Gasteiger partial charge in [-0.3, -0.25) is 0 Å². The van der Waals surface area contributed by atoms with Crippen molar-refractivity contribution in [2.24, 2.45) is 0 Å². The molecule has 160 valence electrons. The molecule has 0 N–H and O–H groups in total. The lowest BCUT2D eigenvalue weighted by Crippen LogP contribution is -2.17. The van der Waals surface area contributed by atoms with E-state index in [-0.39, 0.29) is 5.75 Å². The van der Waals surface area contributed by atoms with E-state index >= 15 is 0 Å². The molecule has 1 heterocycles. The van der Waals surface area contributed by atoms with Crippen molar-refractivity contribution in [3.8, 4) is 17.5 Å². The first-order valence-corrected chi connectivity index (χ1v) is 10.3. The molecule has 7 heteroatoms. The molecule has 0 radical (unpaired) electrons. The number of alkyl halides is 3. The SMILES string of the molecule is N#Cc1ccc(Cc2cnn(-c3ccc(OC(F)(F)F)cc3)c2C2CCCCC2)cc1. The highest BCUT2D eigenvalue weighted by Crippen LogP contribution is 2.36. The van der Waals surface area contributed by atoms with Gasteiger partial charge in [-0.25, -0.2) is 4.68 Å². The molecule has 0 saturated heterocycles. The summed E-state index contributed by atoms with van der Waals surface area (Å²) in [6.07, 6.45) is 3.50. The number of hydrogen-bond acceptors (Lipinski definition) is 3. The minimum atomic E-state index is -4.71. The third-order valence-corrected chi connectivity index (χ3v) is 5.67. The van der Waals surface area contributed by atoms with E-state index in [0.717, 1.165) is 42.5 Å². The Morgan fingerprint density at radius 1 is 1.00 bits per heavy atom. The van der Waals surface area contributed by atoms with E-state index in [1.807, 2.05) is 23.0 Å². The summed E-state index contributed by atoms with van der Waals surface area (Å²) in [6.45, 7) is 0. The molecule has 31 heavy (non-hydrogen) atoms. The van der Waals surface area contributed by atoms with Gasteiger partial charge in [0.15, 0.2) is 0 Å². The molecule has 2 aromatic carbocycles. The van der Waals surface area contributed by atoms with Crippen LogP contribution in [0.5, 0.6) is 5.75 Å². The number of ether oxygens (including phenoxy) is 1. The maximum absolute atomic E-state index is 12.5. The van der Waals surface area contributed by atoms with Crippen molar-refractivity contribution in [2.75, 3.05) is 0 Å². The summed E-state index contributed by atoms with van der Waals surface area (Å²) in [6, 6.07) is 15.5. The third kappa shape index (κ3) is 5.08. The van der Waals surface area contributed by atoms with Gasteiger partial charge in [-0.1, -0.05) is 31.4 Å². The highest BCUT2D eigenvalue weighted by Gasteiger charge is 2.31. The Labute approximate surface area is 178 Å². The van der Waals surface area contributed by atoms with Crippen molar-refractivity contribution in [2.45, 2.75) is 50.8 Å². The molecule has 1 fully saturated rings. The van der Waals surface area contributed by atoms with Gasteiger partial charge in [-0.2, -0.15) is 10.4 Å². The lowest BCUT2D eigenvalue weighted by Gasteiger charge is -2.24. The van der Waals surface area contributed by atoms with Crippen LogP contribution in [-0.2, 0) is 6.42 Å². The number of nitriles is 1. The lowest BCUT2D eigenvalue weighted by atomic mass is 9.84. The number of rotatable bonds is 5. The molecule has 0 unspecified atom stereocenters. The Bertz CT molecular complexity index is 1060. The number of nitrogens with zero attached hydrogens (tertiary/aromatic N) is 3. The Balaban J connectivity index is 1.66. The second-order valence-corrected chi connectivity index (χ2v) is 7.83. The summed E-state index contributed by atoms with van der Waals surface area (Å²) in [4.78, 5) is 0. The van der Waals surface area contributed by atoms with Gasteiger partial charge in [0.25, 0.3) is 0 Å². The highest BCUT2D eigenvalue weighted by atomic mass is 19.4. The maximum atomic E-state index is 12.5. The Morgan fingerprint density at radius 3 is 2.29 bits per heavy atom. The standard InChI is InChI=1S/C24H22F3N3O/c25-24(26,27)31-22-12-10-21(11-13-22)30-23(19-4-2-1-3-5-19)20(16-29-30)14-17-6-8-18(15-28)9-7-17/h6-13,16,19H,1-5,14H2. The van der Waals surface area contributed by atoms with E-state index in [9.17, 15) is 13.2 Å². The average Bonchev–Trinajstić information content (AvgIpc) is 3.18. The number of halogens is 3. The Morgan fingerprint density at radius 2 is 1.68 bits per heavy atom. The molecule has 0 aliphatic heterocycles. The molecule has 1 aromatic heterocycles. The van der Waals surface area contributed by atoms with Crippen LogP contribution < -0.4 is 4.74 Å². The van der Waals surface area contributed by atoms with Crippen molar-refractivity contribution >= 4 is 0 Å². The minimum Gasteiger partial charge on any atom is -0.406 e. The quantitative estimate of drug-likeness (QED) is 0.483. The Hall–Kier alpha value is -3.27. The van der Waals surface area contributed by atoms with E-state index in [1.165, 1.54) is 18.6 Å². The van der Waals surface area contributed by atoms with Crippen LogP contribution in [0, 0.1) is 11.3 Å². The molecular formula is C24H22F3N3O. The number of aromatic nitrogens is 2. The van der Waals surface area contributed by atoms with Gasteiger partial charge in [-0.15, -0.1) is 13.2 Å². The smallest absolute Gasteiger partial charge is 0.406 e. The molecule has 1 aliphatic rings. The molecular weight excluding hydrogens is 403 g/mol. The van der Waals surface area contributed by atoms with Gasteiger partial charge in [0, 0.05) is 12.3 Å². The second-order valence-electron chi connectivity index (χ2n) is 7.83. The lowest BCUT2D eigenvalue weighted by molar-refractivity contribution is -0.274. The van der Waals surface area contributed by atoms with E-state index in [2.05, 4.69) is 15.9 Å². The topological polar surface area (TPSA) is 50.8 Å². The van der Waals surface area contributed by atoms with E-state index in [4.69, 9.17) is 5.26 Å². The van der Waals surface area contributed by atoms with Crippen LogP contribution >= 0.6 is 0 Å².